The fourth-order valence-corrected chi connectivity index (χ4v) is 1.71. The third-order valence-corrected chi connectivity index (χ3v) is 2.88. The SMILES string of the molecule is CCCCC[C@@H](O)/C=C/C=C\C/C=C\CCCC(=O)O. The van der Waals surface area contributed by atoms with E-state index in [0.717, 1.165) is 25.7 Å². The largest absolute Gasteiger partial charge is 0.481 e. The van der Waals surface area contributed by atoms with Crippen molar-refractivity contribution >= 4 is 5.97 Å². The number of hydrogen-bond donors (Lipinski definition) is 2. The summed E-state index contributed by atoms with van der Waals surface area (Å²) in [6.07, 6.45) is 18.2. The first-order valence-corrected chi connectivity index (χ1v) is 7.55. The van der Waals surface area contributed by atoms with Crippen LogP contribution in [0.3, 0.4) is 0 Å². The van der Waals surface area contributed by atoms with Crippen LogP contribution >= 0.6 is 0 Å². The van der Waals surface area contributed by atoms with Crippen molar-refractivity contribution in [1.82, 2.24) is 0 Å². The topological polar surface area (TPSA) is 57.5 Å². The van der Waals surface area contributed by atoms with Gasteiger partial charge in [0.05, 0.1) is 6.10 Å². The standard InChI is InChI=1S/C17H28O3/c1-2-3-10-13-16(18)14-11-8-6-4-5-7-9-12-15-17(19)20/h5-8,11,14,16,18H,2-4,9-10,12-13,15H2,1H3,(H,19,20)/b7-5-,8-6-,14-11+/t16-/m1/s1. The van der Waals surface area contributed by atoms with Crippen LogP contribution in [0.1, 0.15) is 58.3 Å². The van der Waals surface area contributed by atoms with Gasteiger partial charge in [0.1, 0.15) is 0 Å². The lowest BCUT2D eigenvalue weighted by atomic mass is 10.1. The van der Waals surface area contributed by atoms with E-state index in [1.165, 1.54) is 12.8 Å². The lowest BCUT2D eigenvalue weighted by Gasteiger charge is -2.02. The van der Waals surface area contributed by atoms with E-state index in [0.29, 0.717) is 6.42 Å². The Morgan fingerprint density at radius 3 is 2.60 bits per heavy atom. The van der Waals surface area contributed by atoms with Gasteiger partial charge in [-0.05, 0) is 25.7 Å². The maximum absolute atomic E-state index is 10.3. The van der Waals surface area contributed by atoms with Crippen LogP contribution < -0.4 is 0 Å². The Balaban J connectivity index is 3.54. The summed E-state index contributed by atoms with van der Waals surface area (Å²) < 4.78 is 0. The first-order valence-electron chi connectivity index (χ1n) is 7.55. The predicted molar refractivity (Wildman–Crippen MR) is 83.7 cm³/mol. The van der Waals surface area contributed by atoms with Crippen molar-refractivity contribution in [1.29, 1.82) is 0 Å². The first kappa shape index (κ1) is 18.7. The smallest absolute Gasteiger partial charge is 0.303 e. The molecule has 2 N–H and O–H groups in total. The van der Waals surface area contributed by atoms with Crippen LogP contribution in [0.5, 0.6) is 0 Å². The van der Waals surface area contributed by atoms with Gasteiger partial charge in [-0.1, -0.05) is 62.6 Å². The Morgan fingerprint density at radius 1 is 1.10 bits per heavy atom. The van der Waals surface area contributed by atoms with Crippen LogP contribution in [0.2, 0.25) is 0 Å². The van der Waals surface area contributed by atoms with Gasteiger partial charge >= 0.3 is 5.97 Å². The normalized spacial score (nSPS) is 13.7. The second-order valence-corrected chi connectivity index (χ2v) is 4.87. The van der Waals surface area contributed by atoms with E-state index >= 15 is 0 Å². The van der Waals surface area contributed by atoms with Gasteiger partial charge in [-0.15, -0.1) is 0 Å². The van der Waals surface area contributed by atoms with E-state index in [4.69, 9.17) is 5.11 Å². The third-order valence-electron chi connectivity index (χ3n) is 2.88. The molecule has 3 nitrogen and oxygen atoms in total. The van der Waals surface area contributed by atoms with Gasteiger partial charge in [-0.2, -0.15) is 0 Å². The number of aliphatic carboxylic acids is 1. The van der Waals surface area contributed by atoms with Crippen molar-refractivity contribution in [2.45, 2.75) is 64.4 Å². The molecule has 0 saturated heterocycles. The van der Waals surface area contributed by atoms with Gasteiger partial charge in [-0.25, -0.2) is 0 Å². The van der Waals surface area contributed by atoms with E-state index in [-0.39, 0.29) is 12.5 Å². The van der Waals surface area contributed by atoms with Crippen LogP contribution in [-0.2, 0) is 4.79 Å². The molecule has 0 unspecified atom stereocenters. The molecule has 0 bridgehead atoms. The molecule has 0 aliphatic rings. The summed E-state index contributed by atoms with van der Waals surface area (Å²) in [4.78, 5) is 10.3. The van der Waals surface area contributed by atoms with Crippen molar-refractivity contribution in [3.63, 3.8) is 0 Å². The van der Waals surface area contributed by atoms with E-state index in [1.807, 2.05) is 36.5 Å². The number of aliphatic hydroxyl groups excluding tert-OH is 1. The average molecular weight is 280 g/mol. The lowest BCUT2D eigenvalue weighted by Crippen LogP contribution is -2.00. The summed E-state index contributed by atoms with van der Waals surface area (Å²) in [6.45, 7) is 2.15. The molecule has 0 saturated carbocycles. The molecular formula is C17H28O3. The number of aliphatic hydroxyl groups is 1. The van der Waals surface area contributed by atoms with Crippen LogP contribution in [0.25, 0.3) is 0 Å². The van der Waals surface area contributed by atoms with Crippen molar-refractivity contribution < 1.29 is 15.0 Å². The monoisotopic (exact) mass is 280 g/mol. The summed E-state index contributed by atoms with van der Waals surface area (Å²) >= 11 is 0. The number of carboxylic acid groups (broad SMARTS) is 1. The number of carbonyl (C=O) groups is 1. The third kappa shape index (κ3) is 14.7. The zero-order valence-electron chi connectivity index (χ0n) is 12.5. The highest BCUT2D eigenvalue weighted by molar-refractivity contribution is 5.66. The van der Waals surface area contributed by atoms with Crippen LogP contribution in [-0.4, -0.2) is 22.3 Å². The summed E-state index contributed by atoms with van der Waals surface area (Å²) in [5.41, 5.74) is 0. The van der Waals surface area contributed by atoms with Gasteiger partial charge in [0, 0.05) is 6.42 Å². The highest BCUT2D eigenvalue weighted by atomic mass is 16.4. The molecule has 0 aliphatic carbocycles. The molecule has 0 heterocycles. The number of hydrogen-bond acceptors (Lipinski definition) is 2. The molecule has 0 spiro atoms. The average Bonchev–Trinajstić information content (AvgIpc) is 2.41. The lowest BCUT2D eigenvalue weighted by molar-refractivity contribution is -0.137. The van der Waals surface area contributed by atoms with E-state index in [2.05, 4.69) is 6.92 Å². The minimum atomic E-state index is -0.735. The summed E-state index contributed by atoms with van der Waals surface area (Å²) in [7, 11) is 0. The van der Waals surface area contributed by atoms with Gasteiger partial charge in [0.15, 0.2) is 0 Å². The second-order valence-electron chi connectivity index (χ2n) is 4.87. The van der Waals surface area contributed by atoms with Crippen LogP contribution in [0.4, 0.5) is 0 Å². The Kier molecular flexibility index (Phi) is 13.1. The quantitative estimate of drug-likeness (QED) is 0.319. The Labute approximate surface area is 122 Å². The molecule has 0 radical (unpaired) electrons. The first-order chi connectivity index (χ1) is 9.66. The molecule has 0 rings (SSSR count). The van der Waals surface area contributed by atoms with Gasteiger partial charge in [0.25, 0.3) is 0 Å². The molecule has 0 fully saturated rings. The molecule has 114 valence electrons. The van der Waals surface area contributed by atoms with E-state index in [1.54, 1.807) is 0 Å². The molecule has 0 aromatic carbocycles. The molecule has 0 amide bonds. The fraction of sp³-hybridized carbons (Fsp3) is 0.588. The minimum Gasteiger partial charge on any atom is -0.481 e. The minimum absolute atomic E-state index is 0.235. The zero-order chi connectivity index (χ0) is 15.1. The van der Waals surface area contributed by atoms with Gasteiger partial charge in [-0.3, -0.25) is 4.79 Å². The Hall–Kier alpha value is -1.35. The van der Waals surface area contributed by atoms with Crippen LogP contribution in [0, 0.1) is 0 Å². The highest BCUT2D eigenvalue weighted by Crippen LogP contribution is 2.04. The molecular weight excluding hydrogens is 252 g/mol. The number of allylic oxidation sites excluding steroid dienone is 5. The summed E-state index contributed by atoms with van der Waals surface area (Å²) in [5, 5.41) is 18.1. The molecule has 20 heavy (non-hydrogen) atoms. The van der Waals surface area contributed by atoms with Crippen LogP contribution in [0.15, 0.2) is 36.5 Å². The number of rotatable bonds is 12. The zero-order valence-corrected chi connectivity index (χ0v) is 12.5. The van der Waals surface area contributed by atoms with E-state index < -0.39 is 5.97 Å². The van der Waals surface area contributed by atoms with Gasteiger partial charge in [0.2, 0.25) is 0 Å². The molecule has 0 aliphatic heterocycles. The number of unbranched alkanes of at least 4 members (excludes halogenated alkanes) is 3. The Bertz CT molecular complexity index is 316. The maximum Gasteiger partial charge on any atom is 0.303 e. The van der Waals surface area contributed by atoms with Crippen molar-refractivity contribution in [2.24, 2.45) is 0 Å². The highest BCUT2D eigenvalue weighted by Gasteiger charge is 1.96. The van der Waals surface area contributed by atoms with Gasteiger partial charge < -0.3 is 10.2 Å². The molecule has 1 atom stereocenters. The predicted octanol–water partition coefficient (Wildman–Crippen LogP) is 4.24. The van der Waals surface area contributed by atoms with Crippen molar-refractivity contribution in [2.75, 3.05) is 0 Å². The molecule has 0 aromatic heterocycles. The van der Waals surface area contributed by atoms with Crippen molar-refractivity contribution in [3.8, 4) is 0 Å². The summed E-state index contributed by atoms with van der Waals surface area (Å²) in [5.74, 6) is -0.735. The second kappa shape index (κ2) is 14.1. The van der Waals surface area contributed by atoms with E-state index in [9.17, 15) is 9.90 Å². The maximum atomic E-state index is 10.3. The van der Waals surface area contributed by atoms with Crippen molar-refractivity contribution in [3.05, 3.63) is 36.5 Å². The number of carboxylic acids is 1. The molecule has 3 heteroatoms. The summed E-state index contributed by atoms with van der Waals surface area (Å²) in [6, 6.07) is 0. The Morgan fingerprint density at radius 2 is 1.90 bits per heavy atom. The molecule has 0 aromatic rings. The fourth-order valence-electron chi connectivity index (χ4n) is 1.71.